The van der Waals surface area contributed by atoms with E-state index in [9.17, 15) is 9.59 Å². The molecule has 0 atom stereocenters. The number of thiophene rings is 1. The molecule has 1 aromatic carbocycles. The Bertz CT molecular complexity index is 770. The number of esters is 1. The second-order valence-electron chi connectivity index (χ2n) is 6.26. The van der Waals surface area contributed by atoms with E-state index in [1.165, 1.54) is 36.2 Å². The number of amides is 1. The zero-order chi connectivity index (χ0) is 18.4. The Morgan fingerprint density at radius 3 is 2.54 bits per heavy atom. The third kappa shape index (κ3) is 4.43. The number of fused-ring (bicyclic) bond motifs is 1. The second kappa shape index (κ2) is 8.85. The van der Waals surface area contributed by atoms with Crippen LogP contribution in [0.4, 0.5) is 5.00 Å². The highest BCUT2D eigenvalue weighted by Crippen LogP contribution is 2.37. The molecule has 2 aromatic rings. The Balaban J connectivity index is 1.76. The molecule has 138 valence electrons. The molecule has 0 aliphatic heterocycles. The van der Waals surface area contributed by atoms with Crippen molar-refractivity contribution in [1.29, 1.82) is 0 Å². The summed E-state index contributed by atoms with van der Waals surface area (Å²) in [5.41, 5.74) is 1.56. The molecule has 0 unspecified atom stereocenters. The number of hydrogen-bond donors (Lipinski definition) is 1. The molecular weight excluding hydrogens is 350 g/mol. The number of aryl methyl sites for hydroxylation is 1. The van der Waals surface area contributed by atoms with E-state index >= 15 is 0 Å². The topological polar surface area (TPSA) is 64.6 Å². The highest BCUT2D eigenvalue weighted by atomic mass is 32.1. The van der Waals surface area contributed by atoms with Crippen LogP contribution in [-0.2, 0) is 22.4 Å². The summed E-state index contributed by atoms with van der Waals surface area (Å²) in [6.45, 7) is -0.104. The van der Waals surface area contributed by atoms with E-state index in [0.29, 0.717) is 16.3 Å². The number of anilines is 1. The number of nitrogens with one attached hydrogen (secondary N) is 1. The molecule has 1 aliphatic carbocycles. The number of rotatable bonds is 5. The fourth-order valence-electron chi connectivity index (χ4n) is 3.15. The summed E-state index contributed by atoms with van der Waals surface area (Å²) in [5.74, 6) is -0.0372. The Morgan fingerprint density at radius 2 is 1.81 bits per heavy atom. The summed E-state index contributed by atoms with van der Waals surface area (Å²) >= 11 is 1.49. The molecule has 5 nitrogen and oxygen atoms in total. The van der Waals surface area contributed by atoms with Gasteiger partial charge in [0.25, 0.3) is 5.91 Å². The fourth-order valence-corrected chi connectivity index (χ4v) is 4.45. The number of ether oxygens (including phenoxy) is 2. The lowest BCUT2D eigenvalue weighted by Gasteiger charge is -2.11. The van der Waals surface area contributed by atoms with Gasteiger partial charge < -0.3 is 14.8 Å². The molecule has 0 radical (unpaired) electrons. The standard InChI is InChI=1S/C20H23NO4S/c1-24-20(23)18-15-11-7-2-3-8-12-16(15)26-19(18)21-17(22)13-25-14-9-5-4-6-10-14/h4-6,9-10H,2-3,7-8,11-13H2,1H3,(H,21,22). The molecular formula is C20H23NO4S. The molecule has 1 amide bonds. The molecule has 3 rings (SSSR count). The molecule has 0 saturated carbocycles. The number of benzene rings is 1. The number of methoxy groups -OCH3 is 1. The van der Waals surface area contributed by atoms with Gasteiger partial charge in [0.2, 0.25) is 0 Å². The molecule has 1 heterocycles. The summed E-state index contributed by atoms with van der Waals surface area (Å²) in [7, 11) is 1.37. The first kappa shape index (κ1) is 18.5. The predicted molar refractivity (Wildman–Crippen MR) is 102 cm³/mol. The molecule has 1 aromatic heterocycles. The van der Waals surface area contributed by atoms with Crippen LogP contribution in [0.1, 0.15) is 46.5 Å². The monoisotopic (exact) mass is 373 g/mol. The van der Waals surface area contributed by atoms with Crippen LogP contribution in [0.25, 0.3) is 0 Å². The van der Waals surface area contributed by atoms with Crippen LogP contribution in [0.3, 0.4) is 0 Å². The highest BCUT2D eigenvalue weighted by molar-refractivity contribution is 7.17. The van der Waals surface area contributed by atoms with E-state index in [2.05, 4.69) is 5.32 Å². The van der Waals surface area contributed by atoms with Crippen LogP contribution in [0, 0.1) is 0 Å². The van der Waals surface area contributed by atoms with Gasteiger partial charge in [0, 0.05) is 4.88 Å². The fraction of sp³-hybridized carbons (Fsp3) is 0.400. The van der Waals surface area contributed by atoms with Crippen LogP contribution in [0.15, 0.2) is 30.3 Å². The first-order chi connectivity index (χ1) is 12.7. The van der Waals surface area contributed by atoms with Gasteiger partial charge in [0.05, 0.1) is 12.7 Å². The zero-order valence-corrected chi connectivity index (χ0v) is 15.7. The van der Waals surface area contributed by atoms with Crippen molar-refractivity contribution in [2.75, 3.05) is 19.0 Å². The number of carbonyl (C=O) groups is 2. The molecule has 6 heteroatoms. The van der Waals surface area contributed by atoms with Crippen LogP contribution >= 0.6 is 11.3 Å². The van der Waals surface area contributed by atoms with E-state index in [4.69, 9.17) is 9.47 Å². The highest BCUT2D eigenvalue weighted by Gasteiger charge is 2.25. The second-order valence-corrected chi connectivity index (χ2v) is 7.37. The van der Waals surface area contributed by atoms with Crippen molar-refractivity contribution in [1.82, 2.24) is 0 Å². The smallest absolute Gasteiger partial charge is 0.341 e. The van der Waals surface area contributed by atoms with Crippen LogP contribution in [0.5, 0.6) is 5.75 Å². The minimum atomic E-state index is -0.387. The zero-order valence-electron chi connectivity index (χ0n) is 14.9. The lowest BCUT2D eigenvalue weighted by atomic mass is 9.96. The van der Waals surface area contributed by atoms with Gasteiger partial charge >= 0.3 is 5.97 Å². The largest absolute Gasteiger partial charge is 0.484 e. The van der Waals surface area contributed by atoms with Gasteiger partial charge in [0.15, 0.2) is 6.61 Å². The molecule has 0 bridgehead atoms. The third-order valence-corrected chi connectivity index (χ3v) is 5.63. The van der Waals surface area contributed by atoms with Gasteiger partial charge in [-0.25, -0.2) is 4.79 Å². The lowest BCUT2D eigenvalue weighted by molar-refractivity contribution is -0.118. The van der Waals surface area contributed by atoms with E-state index < -0.39 is 0 Å². The average Bonchev–Trinajstić information content (AvgIpc) is 2.96. The minimum Gasteiger partial charge on any atom is -0.484 e. The number of hydrogen-bond acceptors (Lipinski definition) is 5. The summed E-state index contributed by atoms with van der Waals surface area (Å²) in [6.07, 6.45) is 6.34. The summed E-state index contributed by atoms with van der Waals surface area (Å²) in [6, 6.07) is 9.18. The van der Waals surface area contributed by atoms with Gasteiger partial charge in [-0.2, -0.15) is 0 Å². The Morgan fingerprint density at radius 1 is 1.08 bits per heavy atom. The SMILES string of the molecule is COC(=O)c1c(NC(=O)COc2ccccc2)sc2c1CCCCCC2. The Kier molecular flexibility index (Phi) is 6.28. The van der Waals surface area contributed by atoms with Gasteiger partial charge in [-0.1, -0.05) is 31.0 Å². The minimum absolute atomic E-state index is 0.104. The van der Waals surface area contributed by atoms with Crippen LogP contribution < -0.4 is 10.1 Å². The summed E-state index contributed by atoms with van der Waals surface area (Å²) in [4.78, 5) is 25.8. The van der Waals surface area contributed by atoms with Crippen molar-refractivity contribution in [3.8, 4) is 5.75 Å². The van der Waals surface area contributed by atoms with Crippen molar-refractivity contribution >= 4 is 28.2 Å². The van der Waals surface area contributed by atoms with Crippen LogP contribution in [0.2, 0.25) is 0 Å². The summed E-state index contributed by atoms with van der Waals surface area (Å²) < 4.78 is 10.5. The van der Waals surface area contributed by atoms with Crippen molar-refractivity contribution in [3.05, 3.63) is 46.3 Å². The van der Waals surface area contributed by atoms with Gasteiger partial charge in [-0.15, -0.1) is 11.3 Å². The van der Waals surface area contributed by atoms with Crippen molar-refractivity contribution in [3.63, 3.8) is 0 Å². The molecule has 0 spiro atoms. The Labute approximate surface area is 157 Å². The third-order valence-electron chi connectivity index (χ3n) is 4.43. The maximum atomic E-state index is 12.3. The van der Waals surface area contributed by atoms with Gasteiger partial charge in [-0.3, -0.25) is 4.79 Å². The van der Waals surface area contributed by atoms with E-state index in [-0.39, 0.29) is 18.5 Å². The maximum absolute atomic E-state index is 12.3. The lowest BCUT2D eigenvalue weighted by Crippen LogP contribution is -2.21. The predicted octanol–water partition coefficient (Wildman–Crippen LogP) is 4.21. The van der Waals surface area contributed by atoms with E-state index in [1.807, 2.05) is 18.2 Å². The molecule has 1 N–H and O–H groups in total. The summed E-state index contributed by atoms with van der Waals surface area (Å²) in [5, 5.41) is 3.42. The Hall–Kier alpha value is -2.34. The maximum Gasteiger partial charge on any atom is 0.341 e. The molecule has 26 heavy (non-hydrogen) atoms. The normalized spacial score (nSPS) is 13.9. The van der Waals surface area contributed by atoms with Crippen molar-refractivity contribution < 1.29 is 19.1 Å². The number of para-hydroxylation sites is 1. The van der Waals surface area contributed by atoms with Gasteiger partial charge in [-0.05, 0) is 43.4 Å². The quantitative estimate of drug-likeness (QED) is 0.798. The molecule has 0 saturated heterocycles. The molecule has 1 aliphatic rings. The molecule has 0 fully saturated rings. The van der Waals surface area contributed by atoms with Crippen LogP contribution in [-0.4, -0.2) is 25.6 Å². The van der Waals surface area contributed by atoms with Crippen molar-refractivity contribution in [2.45, 2.75) is 38.5 Å². The average molecular weight is 373 g/mol. The van der Waals surface area contributed by atoms with Gasteiger partial charge in [0.1, 0.15) is 10.8 Å². The first-order valence-corrected chi connectivity index (χ1v) is 9.71. The van der Waals surface area contributed by atoms with Crippen molar-refractivity contribution in [2.24, 2.45) is 0 Å². The first-order valence-electron chi connectivity index (χ1n) is 8.89. The van der Waals surface area contributed by atoms with E-state index in [0.717, 1.165) is 31.2 Å². The van der Waals surface area contributed by atoms with E-state index in [1.54, 1.807) is 12.1 Å². The number of carbonyl (C=O) groups excluding carboxylic acids is 2.